The van der Waals surface area contributed by atoms with E-state index in [9.17, 15) is 0 Å². The molecule has 0 radical (unpaired) electrons. The maximum absolute atomic E-state index is 5.73. The first-order valence-corrected chi connectivity index (χ1v) is 4.37. The quantitative estimate of drug-likeness (QED) is 0.682. The molecule has 2 heterocycles. The van der Waals surface area contributed by atoms with Gasteiger partial charge in [0.15, 0.2) is 5.82 Å². The van der Waals surface area contributed by atoms with Gasteiger partial charge in [-0.2, -0.15) is 4.52 Å². The molecule has 0 aromatic carbocycles. The monoisotopic (exact) mass is 192 g/mol. The van der Waals surface area contributed by atoms with Crippen LogP contribution in [0.25, 0.3) is 5.65 Å². The van der Waals surface area contributed by atoms with Crippen molar-refractivity contribution < 1.29 is 0 Å². The number of nitrogens with zero attached hydrogens (tertiary/aromatic N) is 4. The fraction of sp³-hybridized carbons (Fsp3) is 0.375. The fourth-order valence-corrected chi connectivity index (χ4v) is 1.30. The molecule has 0 aliphatic heterocycles. The third kappa shape index (κ3) is 1.15. The summed E-state index contributed by atoms with van der Waals surface area (Å²) < 4.78 is 1.59. The summed E-state index contributed by atoms with van der Waals surface area (Å²) in [6.45, 7) is 4.02. The Morgan fingerprint density at radius 3 is 2.64 bits per heavy atom. The molecule has 0 atom stereocenters. The van der Waals surface area contributed by atoms with Crippen LogP contribution in [0.2, 0.25) is 0 Å². The van der Waals surface area contributed by atoms with Crippen molar-refractivity contribution in [3.05, 3.63) is 11.9 Å². The zero-order valence-corrected chi connectivity index (χ0v) is 8.10. The molecular weight excluding hydrogens is 180 g/mol. The Kier molecular flexibility index (Phi) is 1.77. The standard InChI is InChI=1S/C8H12N6/c1-4(2)7-11-12-8-5(9)3-6(10)13-14(7)8/h3-4H,9H2,1-2H3,(H2,10,13). The van der Waals surface area contributed by atoms with Gasteiger partial charge in [-0.05, 0) is 0 Å². The predicted molar refractivity (Wildman–Crippen MR) is 53.7 cm³/mol. The summed E-state index contributed by atoms with van der Waals surface area (Å²) in [7, 11) is 0. The molecule has 0 aliphatic carbocycles. The number of hydrogen-bond donors (Lipinski definition) is 2. The lowest BCUT2D eigenvalue weighted by atomic mass is 10.2. The first kappa shape index (κ1) is 8.74. The van der Waals surface area contributed by atoms with Crippen LogP contribution < -0.4 is 11.5 Å². The first-order valence-electron chi connectivity index (χ1n) is 4.37. The number of rotatable bonds is 1. The molecule has 0 amide bonds. The lowest BCUT2D eigenvalue weighted by Crippen LogP contribution is -2.05. The molecule has 14 heavy (non-hydrogen) atoms. The van der Waals surface area contributed by atoms with E-state index in [0.717, 1.165) is 5.82 Å². The smallest absolute Gasteiger partial charge is 0.200 e. The Morgan fingerprint density at radius 2 is 2.00 bits per heavy atom. The zero-order chi connectivity index (χ0) is 10.3. The van der Waals surface area contributed by atoms with Gasteiger partial charge in [0.1, 0.15) is 5.82 Å². The number of anilines is 2. The molecule has 2 rings (SSSR count). The lowest BCUT2D eigenvalue weighted by molar-refractivity contribution is 0.723. The molecule has 6 nitrogen and oxygen atoms in total. The van der Waals surface area contributed by atoms with Gasteiger partial charge in [0.25, 0.3) is 0 Å². The highest BCUT2D eigenvalue weighted by atomic mass is 15.4. The average Bonchev–Trinajstić information content (AvgIpc) is 2.47. The van der Waals surface area contributed by atoms with Gasteiger partial charge in [0.05, 0.1) is 5.69 Å². The highest BCUT2D eigenvalue weighted by Gasteiger charge is 2.12. The van der Waals surface area contributed by atoms with Crippen LogP contribution >= 0.6 is 0 Å². The average molecular weight is 192 g/mol. The number of nitrogen functional groups attached to an aromatic ring is 2. The Labute approximate surface area is 80.9 Å². The highest BCUT2D eigenvalue weighted by molar-refractivity contribution is 5.66. The second-order valence-electron chi connectivity index (χ2n) is 3.47. The number of nitrogens with two attached hydrogens (primary N) is 2. The Hall–Kier alpha value is -1.85. The third-order valence-electron chi connectivity index (χ3n) is 1.96. The van der Waals surface area contributed by atoms with E-state index in [1.165, 1.54) is 0 Å². The lowest BCUT2D eigenvalue weighted by Gasteiger charge is -2.03. The second kappa shape index (κ2) is 2.83. The molecule has 0 saturated heterocycles. The number of hydrogen-bond acceptors (Lipinski definition) is 5. The van der Waals surface area contributed by atoms with Crippen LogP contribution in [0.5, 0.6) is 0 Å². The summed E-state index contributed by atoms with van der Waals surface area (Å²) in [5.41, 5.74) is 12.4. The van der Waals surface area contributed by atoms with E-state index in [1.54, 1.807) is 10.6 Å². The molecule has 0 spiro atoms. The molecule has 2 aromatic rings. The van der Waals surface area contributed by atoms with Gasteiger partial charge in [-0.1, -0.05) is 13.8 Å². The van der Waals surface area contributed by atoms with Gasteiger partial charge in [-0.15, -0.1) is 15.3 Å². The Bertz CT molecular complexity index is 472. The van der Waals surface area contributed by atoms with Crippen molar-refractivity contribution in [3.63, 3.8) is 0 Å². The highest BCUT2D eigenvalue weighted by Crippen LogP contribution is 2.17. The van der Waals surface area contributed by atoms with Gasteiger partial charge in [-0.3, -0.25) is 0 Å². The van der Waals surface area contributed by atoms with E-state index >= 15 is 0 Å². The van der Waals surface area contributed by atoms with Crippen LogP contribution in [0, 0.1) is 0 Å². The van der Waals surface area contributed by atoms with Gasteiger partial charge >= 0.3 is 0 Å². The summed E-state index contributed by atoms with van der Waals surface area (Å²) in [6.07, 6.45) is 0. The fourth-order valence-electron chi connectivity index (χ4n) is 1.30. The molecular formula is C8H12N6. The van der Waals surface area contributed by atoms with Crippen molar-refractivity contribution in [2.75, 3.05) is 11.5 Å². The first-order chi connectivity index (χ1) is 6.59. The minimum Gasteiger partial charge on any atom is -0.396 e. The summed E-state index contributed by atoms with van der Waals surface area (Å²) in [6, 6.07) is 1.58. The van der Waals surface area contributed by atoms with Gasteiger partial charge in [0, 0.05) is 12.0 Å². The number of aromatic nitrogens is 4. The van der Waals surface area contributed by atoms with Gasteiger partial charge < -0.3 is 11.5 Å². The minimum atomic E-state index is 0.235. The molecule has 4 N–H and O–H groups in total. The summed E-state index contributed by atoms with van der Waals surface area (Å²) in [4.78, 5) is 0. The van der Waals surface area contributed by atoms with E-state index in [2.05, 4.69) is 15.3 Å². The molecule has 0 bridgehead atoms. The molecule has 6 heteroatoms. The summed E-state index contributed by atoms with van der Waals surface area (Å²) in [5, 5.41) is 12.1. The van der Waals surface area contributed by atoms with Crippen LogP contribution in [0.4, 0.5) is 11.5 Å². The van der Waals surface area contributed by atoms with Crippen LogP contribution in [0.3, 0.4) is 0 Å². The summed E-state index contributed by atoms with van der Waals surface area (Å²) >= 11 is 0. The predicted octanol–water partition coefficient (Wildman–Crippen LogP) is 0.412. The van der Waals surface area contributed by atoms with Crippen molar-refractivity contribution >= 4 is 17.2 Å². The Morgan fingerprint density at radius 1 is 1.29 bits per heavy atom. The summed E-state index contributed by atoms with van der Waals surface area (Å²) in [5.74, 6) is 1.37. The largest absolute Gasteiger partial charge is 0.396 e. The van der Waals surface area contributed by atoms with Crippen LogP contribution in [0.15, 0.2) is 6.07 Å². The molecule has 0 aliphatic rings. The zero-order valence-electron chi connectivity index (χ0n) is 8.10. The normalized spacial score (nSPS) is 11.4. The van der Waals surface area contributed by atoms with Crippen molar-refractivity contribution in [1.82, 2.24) is 19.8 Å². The Balaban J connectivity index is 2.78. The van der Waals surface area contributed by atoms with Crippen LogP contribution in [-0.4, -0.2) is 19.8 Å². The van der Waals surface area contributed by atoms with Gasteiger partial charge in [0.2, 0.25) is 5.65 Å². The molecule has 0 unspecified atom stereocenters. The van der Waals surface area contributed by atoms with E-state index in [0.29, 0.717) is 17.2 Å². The van der Waals surface area contributed by atoms with Crippen LogP contribution in [0.1, 0.15) is 25.6 Å². The third-order valence-corrected chi connectivity index (χ3v) is 1.96. The van der Waals surface area contributed by atoms with E-state index in [1.807, 2.05) is 13.8 Å². The SMILES string of the molecule is CC(C)c1nnc2c(N)cc(N)nn12. The molecule has 0 fully saturated rings. The van der Waals surface area contributed by atoms with Crippen molar-refractivity contribution in [2.24, 2.45) is 0 Å². The van der Waals surface area contributed by atoms with Gasteiger partial charge in [-0.25, -0.2) is 0 Å². The molecule has 0 saturated carbocycles. The van der Waals surface area contributed by atoms with Crippen LogP contribution in [-0.2, 0) is 0 Å². The number of fused-ring (bicyclic) bond motifs is 1. The van der Waals surface area contributed by atoms with Crippen molar-refractivity contribution in [3.8, 4) is 0 Å². The minimum absolute atomic E-state index is 0.235. The van der Waals surface area contributed by atoms with E-state index in [4.69, 9.17) is 11.5 Å². The van der Waals surface area contributed by atoms with E-state index in [-0.39, 0.29) is 5.92 Å². The maximum Gasteiger partial charge on any atom is 0.200 e. The molecule has 2 aromatic heterocycles. The van der Waals surface area contributed by atoms with E-state index < -0.39 is 0 Å². The van der Waals surface area contributed by atoms with Crippen molar-refractivity contribution in [1.29, 1.82) is 0 Å². The van der Waals surface area contributed by atoms with Crippen molar-refractivity contribution in [2.45, 2.75) is 19.8 Å². The topological polar surface area (TPSA) is 95.1 Å². The maximum atomic E-state index is 5.73. The molecule has 74 valence electrons. The second-order valence-corrected chi connectivity index (χ2v) is 3.47.